The summed E-state index contributed by atoms with van der Waals surface area (Å²) in [5, 5.41) is 11.2. The molecule has 0 spiro atoms. The van der Waals surface area contributed by atoms with E-state index in [1.807, 2.05) is 0 Å². The minimum Gasteiger partial charge on any atom is -0.489 e. The van der Waals surface area contributed by atoms with Gasteiger partial charge in [0.05, 0.1) is 6.61 Å². The largest absolute Gasteiger partial charge is 0.489 e. The van der Waals surface area contributed by atoms with E-state index in [0.29, 0.717) is 12.4 Å². The molecular formula is C11H15O2. The smallest absolute Gasteiger partial charge is 0.220 e. The van der Waals surface area contributed by atoms with Gasteiger partial charge in [0.2, 0.25) is 5.75 Å². The number of hydrogen-bond acceptors (Lipinski definition) is 1. The normalized spacial score (nSPS) is 11.3. The topological polar surface area (TPSA) is 29.1 Å². The van der Waals surface area contributed by atoms with Crippen LogP contribution in [0.2, 0.25) is 0 Å². The van der Waals surface area contributed by atoms with Gasteiger partial charge in [-0.2, -0.15) is 0 Å². The Balaban J connectivity index is 2.60. The number of para-hydroxylation sites is 2. The second kappa shape index (κ2) is 3.69. The molecule has 0 aliphatic carbocycles. The van der Waals surface area contributed by atoms with E-state index in [2.05, 4.69) is 20.8 Å². The first-order valence-corrected chi connectivity index (χ1v) is 4.38. The summed E-state index contributed by atoms with van der Waals surface area (Å²) in [6.07, 6.45) is 0. The fraction of sp³-hybridized carbons (Fsp3) is 0.455. The predicted octanol–water partition coefficient (Wildman–Crippen LogP) is 3.26. The minimum atomic E-state index is -0.0493. The summed E-state index contributed by atoms with van der Waals surface area (Å²) in [6.45, 7) is 6.77. The number of rotatable bonds is 2. The summed E-state index contributed by atoms with van der Waals surface area (Å²) in [7, 11) is 0. The lowest BCUT2D eigenvalue weighted by molar-refractivity contribution is 0.187. The summed E-state index contributed by atoms with van der Waals surface area (Å²) in [5.74, 6) is 0.393. The second-order valence-corrected chi connectivity index (χ2v) is 4.30. The van der Waals surface area contributed by atoms with E-state index < -0.39 is 0 Å². The molecule has 0 bridgehead atoms. The Bertz CT molecular complexity index is 274. The average Bonchev–Trinajstić information content (AvgIpc) is 2.01. The van der Waals surface area contributed by atoms with E-state index in [9.17, 15) is 5.11 Å². The van der Waals surface area contributed by atoms with Crippen molar-refractivity contribution in [3.05, 3.63) is 24.3 Å². The van der Waals surface area contributed by atoms with E-state index in [1.54, 1.807) is 18.2 Å². The fourth-order valence-corrected chi connectivity index (χ4v) is 0.864. The summed E-state index contributed by atoms with van der Waals surface area (Å²) >= 11 is 0. The van der Waals surface area contributed by atoms with Gasteiger partial charge in [0, 0.05) is 0 Å². The van der Waals surface area contributed by atoms with Crippen molar-refractivity contribution in [2.75, 3.05) is 6.61 Å². The van der Waals surface area contributed by atoms with Gasteiger partial charge >= 0.3 is 0 Å². The van der Waals surface area contributed by atoms with Gasteiger partial charge in [-0.15, -0.1) is 0 Å². The Hall–Kier alpha value is -1.18. The molecule has 0 aliphatic rings. The number of ether oxygens (including phenoxy) is 1. The number of hydrogen-bond donors (Lipinski definition) is 0. The molecule has 0 saturated carbocycles. The van der Waals surface area contributed by atoms with Crippen molar-refractivity contribution in [1.82, 2.24) is 0 Å². The predicted molar refractivity (Wildman–Crippen MR) is 51.5 cm³/mol. The van der Waals surface area contributed by atoms with Crippen molar-refractivity contribution in [2.24, 2.45) is 5.41 Å². The van der Waals surface area contributed by atoms with Crippen LogP contribution in [0.5, 0.6) is 11.5 Å². The Morgan fingerprint density at radius 3 is 2.38 bits per heavy atom. The molecule has 2 heteroatoms. The molecule has 1 radical (unpaired) electrons. The van der Waals surface area contributed by atoms with Crippen molar-refractivity contribution in [3.63, 3.8) is 0 Å². The lowest BCUT2D eigenvalue weighted by Crippen LogP contribution is -2.16. The van der Waals surface area contributed by atoms with Crippen LogP contribution < -0.4 is 4.74 Å². The lowest BCUT2D eigenvalue weighted by Gasteiger charge is -2.18. The minimum absolute atomic E-state index is 0.0493. The summed E-state index contributed by atoms with van der Waals surface area (Å²) in [6, 6.07) is 6.73. The van der Waals surface area contributed by atoms with Crippen LogP contribution >= 0.6 is 0 Å². The Kier molecular flexibility index (Phi) is 2.81. The van der Waals surface area contributed by atoms with E-state index in [-0.39, 0.29) is 11.2 Å². The van der Waals surface area contributed by atoms with Crippen LogP contribution in [0.25, 0.3) is 0 Å². The van der Waals surface area contributed by atoms with Gasteiger partial charge < -0.3 is 4.74 Å². The zero-order chi connectivity index (χ0) is 9.90. The first-order valence-electron chi connectivity index (χ1n) is 4.38. The number of benzene rings is 1. The second-order valence-electron chi connectivity index (χ2n) is 4.30. The highest BCUT2D eigenvalue weighted by atomic mass is 16.5. The zero-order valence-corrected chi connectivity index (χ0v) is 8.33. The SMILES string of the molecule is CC(C)(C)COc1ccccc1[O]. The Morgan fingerprint density at radius 1 is 1.23 bits per heavy atom. The molecule has 71 valence electrons. The molecule has 1 aromatic carbocycles. The molecule has 0 amide bonds. The molecule has 0 N–H and O–H groups in total. The molecule has 0 unspecified atom stereocenters. The first-order chi connectivity index (χ1) is 5.99. The van der Waals surface area contributed by atoms with E-state index in [0.717, 1.165) is 0 Å². The highest BCUT2D eigenvalue weighted by Crippen LogP contribution is 2.27. The van der Waals surface area contributed by atoms with Crippen LogP contribution in [-0.2, 0) is 5.11 Å². The maximum absolute atomic E-state index is 11.2. The Labute approximate surface area is 79.2 Å². The summed E-state index contributed by atoms with van der Waals surface area (Å²) in [5.41, 5.74) is 0.0856. The summed E-state index contributed by atoms with van der Waals surface area (Å²) < 4.78 is 5.39. The van der Waals surface area contributed by atoms with Crippen molar-refractivity contribution in [2.45, 2.75) is 20.8 Å². The van der Waals surface area contributed by atoms with Gasteiger partial charge in [-0.25, -0.2) is 0 Å². The standard InChI is InChI=1S/C11H15O2/c1-11(2,3)8-13-10-7-5-4-6-9(10)12/h4-7H,8H2,1-3H3. The van der Waals surface area contributed by atoms with Crippen molar-refractivity contribution < 1.29 is 9.84 Å². The molecule has 0 atom stereocenters. The van der Waals surface area contributed by atoms with Crippen LogP contribution in [0.3, 0.4) is 0 Å². The molecule has 0 saturated heterocycles. The zero-order valence-electron chi connectivity index (χ0n) is 8.33. The lowest BCUT2D eigenvalue weighted by atomic mass is 9.99. The monoisotopic (exact) mass is 179 g/mol. The third-order valence-electron chi connectivity index (χ3n) is 1.51. The molecule has 0 fully saturated rings. The molecule has 2 nitrogen and oxygen atoms in total. The molecule has 0 aromatic heterocycles. The first kappa shape index (κ1) is 9.90. The van der Waals surface area contributed by atoms with Gasteiger partial charge in [0.15, 0.2) is 5.75 Å². The van der Waals surface area contributed by atoms with E-state index in [1.165, 1.54) is 6.07 Å². The third kappa shape index (κ3) is 3.36. The van der Waals surface area contributed by atoms with Crippen LogP contribution in [0.15, 0.2) is 24.3 Å². The van der Waals surface area contributed by atoms with E-state index in [4.69, 9.17) is 4.74 Å². The van der Waals surface area contributed by atoms with Crippen LogP contribution in [0, 0.1) is 5.41 Å². The van der Waals surface area contributed by atoms with Gasteiger partial charge in [0.1, 0.15) is 0 Å². The highest BCUT2D eigenvalue weighted by molar-refractivity contribution is 5.37. The maximum Gasteiger partial charge on any atom is 0.220 e. The molecule has 1 aromatic rings. The maximum atomic E-state index is 11.2. The van der Waals surface area contributed by atoms with Gasteiger partial charge in [-0.1, -0.05) is 32.9 Å². The Morgan fingerprint density at radius 2 is 1.85 bits per heavy atom. The van der Waals surface area contributed by atoms with Crippen molar-refractivity contribution in [3.8, 4) is 11.5 Å². The molecule has 0 heterocycles. The van der Waals surface area contributed by atoms with E-state index >= 15 is 0 Å². The average molecular weight is 179 g/mol. The van der Waals surface area contributed by atoms with Crippen molar-refractivity contribution >= 4 is 0 Å². The van der Waals surface area contributed by atoms with Gasteiger partial charge in [-0.3, -0.25) is 5.11 Å². The van der Waals surface area contributed by atoms with Gasteiger partial charge in [-0.05, 0) is 17.5 Å². The summed E-state index contributed by atoms with van der Waals surface area (Å²) in [4.78, 5) is 0. The molecule has 13 heavy (non-hydrogen) atoms. The van der Waals surface area contributed by atoms with Crippen LogP contribution in [-0.4, -0.2) is 6.61 Å². The van der Waals surface area contributed by atoms with Crippen molar-refractivity contribution in [1.29, 1.82) is 0 Å². The van der Waals surface area contributed by atoms with Crippen LogP contribution in [0.1, 0.15) is 20.8 Å². The highest BCUT2D eigenvalue weighted by Gasteiger charge is 2.12. The van der Waals surface area contributed by atoms with Gasteiger partial charge in [0.25, 0.3) is 0 Å². The molecule has 0 aliphatic heterocycles. The molecular weight excluding hydrogens is 164 g/mol. The fourth-order valence-electron chi connectivity index (χ4n) is 0.864. The quantitative estimate of drug-likeness (QED) is 0.685. The molecule has 1 rings (SSSR count). The third-order valence-corrected chi connectivity index (χ3v) is 1.51. The van der Waals surface area contributed by atoms with Crippen LogP contribution in [0.4, 0.5) is 0 Å².